The van der Waals surface area contributed by atoms with E-state index in [1.807, 2.05) is 0 Å². The molecule has 0 aliphatic rings. The summed E-state index contributed by atoms with van der Waals surface area (Å²) in [6.45, 7) is 8.92. The van der Waals surface area contributed by atoms with E-state index in [2.05, 4.69) is 27.7 Å². The summed E-state index contributed by atoms with van der Waals surface area (Å²) in [7, 11) is 0. The van der Waals surface area contributed by atoms with Crippen LogP contribution >= 0.6 is 0 Å². The molecule has 0 saturated heterocycles. The van der Waals surface area contributed by atoms with Gasteiger partial charge in [0, 0.05) is 19.3 Å². The maximum absolute atomic E-state index is 12.5. The van der Waals surface area contributed by atoms with Crippen LogP contribution in [0.5, 0.6) is 0 Å². The molecule has 0 heterocycles. The second kappa shape index (κ2) is 43.5. The molecule has 0 rings (SSSR count). The lowest BCUT2D eigenvalue weighted by Crippen LogP contribution is -2.30. The predicted molar refractivity (Wildman–Crippen MR) is 233 cm³/mol. The van der Waals surface area contributed by atoms with E-state index in [1.54, 1.807) is 0 Å². The Morgan fingerprint density at radius 2 is 0.600 bits per heavy atom. The highest BCUT2D eigenvalue weighted by atomic mass is 16.6. The first-order valence-corrected chi connectivity index (χ1v) is 24.4. The van der Waals surface area contributed by atoms with E-state index in [-0.39, 0.29) is 31.1 Å². The van der Waals surface area contributed by atoms with Gasteiger partial charge in [-0.1, -0.05) is 233 Å². The average molecular weight is 779 g/mol. The molecule has 6 nitrogen and oxygen atoms in total. The minimum Gasteiger partial charge on any atom is -0.462 e. The Balaban J connectivity index is 4.06. The summed E-state index contributed by atoms with van der Waals surface area (Å²) < 4.78 is 16.6. The zero-order chi connectivity index (χ0) is 40.3. The lowest BCUT2D eigenvalue weighted by molar-refractivity contribution is -0.167. The third kappa shape index (κ3) is 43.4. The van der Waals surface area contributed by atoms with Gasteiger partial charge in [-0.15, -0.1) is 0 Å². The molecular formula is C49H94O6. The molecular weight excluding hydrogens is 685 g/mol. The molecule has 0 unspecified atom stereocenters. The molecule has 0 amide bonds. The van der Waals surface area contributed by atoms with Gasteiger partial charge < -0.3 is 14.2 Å². The van der Waals surface area contributed by atoms with Gasteiger partial charge in [-0.05, 0) is 25.2 Å². The smallest absolute Gasteiger partial charge is 0.306 e. The van der Waals surface area contributed by atoms with Crippen LogP contribution in [-0.4, -0.2) is 37.2 Å². The second-order valence-corrected chi connectivity index (χ2v) is 17.2. The van der Waals surface area contributed by atoms with Crippen molar-refractivity contribution in [3.63, 3.8) is 0 Å². The molecule has 0 bridgehead atoms. The first kappa shape index (κ1) is 53.4. The Labute approximate surface area is 342 Å². The van der Waals surface area contributed by atoms with E-state index in [1.165, 1.54) is 161 Å². The summed E-state index contributed by atoms with van der Waals surface area (Å²) in [5.74, 6) is -0.0470. The number of carbonyl (C=O) groups excluding carboxylic acids is 3. The lowest BCUT2D eigenvalue weighted by Gasteiger charge is -2.18. The highest BCUT2D eigenvalue weighted by molar-refractivity contribution is 5.71. The van der Waals surface area contributed by atoms with Gasteiger partial charge in [-0.3, -0.25) is 14.4 Å². The summed E-state index contributed by atoms with van der Waals surface area (Å²) in [4.78, 5) is 37.5. The molecule has 0 N–H and O–H groups in total. The number of unbranched alkanes of at least 4 members (excludes halogenated alkanes) is 31. The molecule has 55 heavy (non-hydrogen) atoms. The van der Waals surface area contributed by atoms with E-state index < -0.39 is 6.10 Å². The normalized spacial score (nSPS) is 11.9. The van der Waals surface area contributed by atoms with Crippen molar-refractivity contribution in [3.8, 4) is 0 Å². The minimum absolute atomic E-state index is 0.0649. The van der Waals surface area contributed by atoms with E-state index in [4.69, 9.17) is 14.2 Å². The van der Waals surface area contributed by atoms with Gasteiger partial charge in [0.25, 0.3) is 0 Å². The number of carbonyl (C=O) groups is 3. The maximum atomic E-state index is 12.5. The van der Waals surface area contributed by atoms with E-state index in [0.717, 1.165) is 70.1 Å². The SMILES string of the molecule is CCCCCCCCCCCCCCCCCCCCCC(=O)OC[C@H](COC(=O)CCCCCCCCCCCCC(C)C)OC(=O)CCCCCCC. The first-order valence-electron chi connectivity index (χ1n) is 24.4. The van der Waals surface area contributed by atoms with E-state index >= 15 is 0 Å². The van der Waals surface area contributed by atoms with Crippen LogP contribution in [0.3, 0.4) is 0 Å². The Hall–Kier alpha value is -1.59. The third-order valence-corrected chi connectivity index (χ3v) is 11.0. The predicted octanol–water partition coefficient (Wildman–Crippen LogP) is 15.5. The van der Waals surface area contributed by atoms with Crippen molar-refractivity contribution >= 4 is 17.9 Å². The van der Waals surface area contributed by atoms with Crippen LogP contribution in [0.1, 0.15) is 272 Å². The van der Waals surface area contributed by atoms with Crippen molar-refractivity contribution < 1.29 is 28.6 Å². The van der Waals surface area contributed by atoms with Gasteiger partial charge >= 0.3 is 17.9 Å². The number of ether oxygens (including phenoxy) is 3. The topological polar surface area (TPSA) is 78.9 Å². The van der Waals surface area contributed by atoms with Crippen LogP contribution in [-0.2, 0) is 28.6 Å². The fourth-order valence-corrected chi connectivity index (χ4v) is 7.33. The van der Waals surface area contributed by atoms with Crippen molar-refractivity contribution in [1.29, 1.82) is 0 Å². The van der Waals surface area contributed by atoms with Gasteiger partial charge in [0.15, 0.2) is 6.10 Å². The lowest BCUT2D eigenvalue weighted by atomic mass is 10.0. The van der Waals surface area contributed by atoms with Crippen LogP contribution in [0.2, 0.25) is 0 Å². The van der Waals surface area contributed by atoms with Crippen molar-refractivity contribution in [2.24, 2.45) is 5.92 Å². The van der Waals surface area contributed by atoms with E-state index in [9.17, 15) is 14.4 Å². The highest BCUT2D eigenvalue weighted by Crippen LogP contribution is 2.17. The fourth-order valence-electron chi connectivity index (χ4n) is 7.33. The maximum Gasteiger partial charge on any atom is 0.306 e. The van der Waals surface area contributed by atoms with Crippen molar-refractivity contribution in [1.82, 2.24) is 0 Å². The van der Waals surface area contributed by atoms with Crippen LogP contribution in [0.4, 0.5) is 0 Å². The Bertz CT molecular complexity index is 826. The quantitative estimate of drug-likeness (QED) is 0.0348. The number of hydrogen-bond acceptors (Lipinski definition) is 6. The zero-order valence-electron chi connectivity index (χ0n) is 37.4. The Morgan fingerprint density at radius 3 is 0.891 bits per heavy atom. The molecule has 326 valence electrons. The van der Waals surface area contributed by atoms with Gasteiger partial charge in [0.05, 0.1) is 0 Å². The summed E-state index contributed by atoms with van der Waals surface area (Å²) >= 11 is 0. The standard InChI is InChI=1S/C49H94O6/c1-5-7-9-11-12-13-14-15-16-17-18-19-20-21-22-26-29-33-36-40-47(50)53-43-46(55-49(52)42-38-31-10-8-6-2)44-54-48(51)41-37-34-30-27-24-23-25-28-32-35-39-45(3)4/h45-46H,5-44H2,1-4H3/t46-/m1/s1. The van der Waals surface area contributed by atoms with Gasteiger partial charge in [-0.25, -0.2) is 0 Å². The van der Waals surface area contributed by atoms with Crippen LogP contribution in [0, 0.1) is 5.92 Å². The monoisotopic (exact) mass is 779 g/mol. The molecule has 0 aromatic rings. The summed E-state index contributed by atoms with van der Waals surface area (Å²) in [5.41, 5.74) is 0. The molecule has 0 aromatic heterocycles. The van der Waals surface area contributed by atoms with Gasteiger partial charge in [-0.2, -0.15) is 0 Å². The first-order chi connectivity index (χ1) is 26.9. The van der Waals surface area contributed by atoms with Crippen LogP contribution in [0.25, 0.3) is 0 Å². The summed E-state index contributed by atoms with van der Waals surface area (Å²) in [6.07, 6.45) is 44.1. The van der Waals surface area contributed by atoms with Crippen molar-refractivity contribution in [2.75, 3.05) is 13.2 Å². The molecule has 0 radical (unpaired) electrons. The minimum atomic E-state index is -0.758. The fraction of sp³-hybridized carbons (Fsp3) is 0.939. The molecule has 0 saturated carbocycles. The average Bonchev–Trinajstić information content (AvgIpc) is 3.17. The largest absolute Gasteiger partial charge is 0.462 e. The molecule has 0 aliphatic carbocycles. The highest BCUT2D eigenvalue weighted by Gasteiger charge is 2.19. The summed E-state index contributed by atoms with van der Waals surface area (Å²) in [6, 6.07) is 0. The molecule has 0 fully saturated rings. The van der Waals surface area contributed by atoms with Crippen LogP contribution < -0.4 is 0 Å². The van der Waals surface area contributed by atoms with Crippen molar-refractivity contribution in [3.05, 3.63) is 0 Å². The molecule has 0 aromatic carbocycles. The van der Waals surface area contributed by atoms with Crippen molar-refractivity contribution in [2.45, 2.75) is 278 Å². The molecule has 6 heteroatoms. The van der Waals surface area contributed by atoms with Gasteiger partial charge in [0.2, 0.25) is 0 Å². The number of esters is 3. The molecule has 0 spiro atoms. The van der Waals surface area contributed by atoms with E-state index in [0.29, 0.717) is 19.3 Å². The Kier molecular flexibility index (Phi) is 42.3. The third-order valence-electron chi connectivity index (χ3n) is 11.0. The van der Waals surface area contributed by atoms with Gasteiger partial charge in [0.1, 0.15) is 13.2 Å². The molecule has 1 atom stereocenters. The molecule has 0 aliphatic heterocycles. The Morgan fingerprint density at radius 1 is 0.345 bits per heavy atom. The number of rotatable bonds is 44. The number of hydrogen-bond donors (Lipinski definition) is 0. The van der Waals surface area contributed by atoms with Crippen LogP contribution in [0.15, 0.2) is 0 Å². The second-order valence-electron chi connectivity index (χ2n) is 17.2. The summed E-state index contributed by atoms with van der Waals surface area (Å²) in [5, 5.41) is 0. The zero-order valence-corrected chi connectivity index (χ0v) is 37.4.